The molecule has 2 aliphatic rings. The van der Waals surface area contributed by atoms with Gasteiger partial charge in [0.25, 0.3) is 0 Å². The fraction of sp³-hybridized carbons (Fsp3) is 0.680. The van der Waals surface area contributed by atoms with E-state index in [1.165, 1.54) is 19.3 Å². The zero-order chi connectivity index (χ0) is 21.9. The average Bonchev–Trinajstić information content (AvgIpc) is 2.93. The van der Waals surface area contributed by atoms with E-state index in [2.05, 4.69) is 63.0 Å². The number of urea groups is 1. The van der Waals surface area contributed by atoms with E-state index in [4.69, 9.17) is 0 Å². The van der Waals surface area contributed by atoms with Gasteiger partial charge in [-0.3, -0.25) is 4.79 Å². The third-order valence-electron chi connectivity index (χ3n) is 6.76. The van der Waals surface area contributed by atoms with Gasteiger partial charge in [-0.1, -0.05) is 72.1 Å². The van der Waals surface area contributed by atoms with Crippen LogP contribution in [-0.4, -0.2) is 46.9 Å². The molecule has 0 atom stereocenters. The van der Waals surface area contributed by atoms with Gasteiger partial charge in [-0.2, -0.15) is 0 Å². The van der Waals surface area contributed by atoms with Crippen molar-refractivity contribution >= 4 is 17.6 Å². The molecule has 1 aromatic carbocycles. The Hall–Kier alpha value is -2.04. The van der Waals surface area contributed by atoms with Crippen LogP contribution in [0.25, 0.3) is 0 Å². The highest BCUT2D eigenvalue weighted by atomic mass is 16.2. The van der Waals surface area contributed by atoms with Gasteiger partial charge in [0, 0.05) is 18.8 Å². The molecule has 30 heavy (non-hydrogen) atoms. The Morgan fingerprint density at radius 3 is 2.20 bits per heavy atom. The van der Waals surface area contributed by atoms with Crippen molar-refractivity contribution in [3.05, 3.63) is 29.3 Å². The van der Waals surface area contributed by atoms with Gasteiger partial charge in [0.1, 0.15) is 6.54 Å². The minimum atomic E-state index is -0.0948. The van der Waals surface area contributed by atoms with E-state index in [-0.39, 0.29) is 24.0 Å². The second-order valence-corrected chi connectivity index (χ2v) is 9.74. The molecule has 1 aliphatic carbocycles. The predicted molar refractivity (Wildman–Crippen MR) is 123 cm³/mol. The van der Waals surface area contributed by atoms with Crippen LogP contribution >= 0.6 is 0 Å². The second kappa shape index (κ2) is 9.40. The molecule has 2 fully saturated rings. The summed E-state index contributed by atoms with van der Waals surface area (Å²) in [5, 5.41) is 3.18. The summed E-state index contributed by atoms with van der Waals surface area (Å²) < 4.78 is 0. The summed E-state index contributed by atoms with van der Waals surface area (Å²) in [5.41, 5.74) is 3.17. The lowest BCUT2D eigenvalue weighted by molar-refractivity contribution is -0.116. The van der Waals surface area contributed by atoms with Crippen LogP contribution in [0, 0.1) is 0 Å². The van der Waals surface area contributed by atoms with Crippen molar-refractivity contribution in [3.63, 3.8) is 0 Å². The zero-order valence-electron chi connectivity index (χ0n) is 19.5. The van der Waals surface area contributed by atoms with Crippen molar-refractivity contribution < 1.29 is 9.59 Å². The van der Waals surface area contributed by atoms with E-state index in [1.807, 2.05) is 0 Å². The van der Waals surface area contributed by atoms with Crippen LogP contribution in [0.1, 0.15) is 96.1 Å². The van der Waals surface area contributed by atoms with Crippen molar-refractivity contribution in [2.75, 3.05) is 25.0 Å². The minimum Gasteiger partial charge on any atom is -0.324 e. The van der Waals surface area contributed by atoms with E-state index in [9.17, 15) is 9.59 Å². The molecule has 5 heteroatoms. The molecular weight excluding hydrogens is 374 g/mol. The highest BCUT2D eigenvalue weighted by Gasteiger charge is 2.49. The first-order chi connectivity index (χ1) is 14.3. The number of anilines is 1. The van der Waals surface area contributed by atoms with Gasteiger partial charge in [-0.25, -0.2) is 4.79 Å². The number of hydrogen-bond acceptors (Lipinski definition) is 2. The molecular formula is C25H39N3O2. The van der Waals surface area contributed by atoms with Crippen LogP contribution in [0.4, 0.5) is 10.5 Å². The van der Waals surface area contributed by atoms with Crippen molar-refractivity contribution in [3.8, 4) is 0 Å². The average molecular weight is 414 g/mol. The molecule has 0 bridgehead atoms. The summed E-state index contributed by atoms with van der Waals surface area (Å²) in [6, 6.07) is 6.29. The number of benzene rings is 1. The number of para-hydroxylation sites is 1. The predicted octanol–water partition coefficient (Wildman–Crippen LogP) is 5.72. The van der Waals surface area contributed by atoms with Gasteiger partial charge in [-0.15, -0.1) is 0 Å². The van der Waals surface area contributed by atoms with Crippen LogP contribution in [0.5, 0.6) is 0 Å². The molecule has 0 unspecified atom stereocenters. The summed E-state index contributed by atoms with van der Waals surface area (Å²) in [7, 11) is 0. The fourth-order valence-electron chi connectivity index (χ4n) is 5.25. The van der Waals surface area contributed by atoms with Crippen LogP contribution in [0.2, 0.25) is 0 Å². The molecule has 0 radical (unpaired) electrons. The molecule has 1 spiro atoms. The molecule has 1 saturated carbocycles. The largest absolute Gasteiger partial charge is 0.324 e. The molecule has 5 nitrogen and oxygen atoms in total. The maximum atomic E-state index is 13.2. The number of hydrogen-bond donors (Lipinski definition) is 1. The lowest BCUT2D eigenvalue weighted by Crippen LogP contribution is -2.48. The molecule has 1 aliphatic heterocycles. The lowest BCUT2D eigenvalue weighted by atomic mass is 9.81. The van der Waals surface area contributed by atoms with Gasteiger partial charge >= 0.3 is 6.03 Å². The van der Waals surface area contributed by atoms with E-state index in [1.54, 1.807) is 4.90 Å². The van der Waals surface area contributed by atoms with Crippen molar-refractivity contribution in [1.82, 2.24) is 9.80 Å². The SMILES string of the molecule is CCCN1C(=O)N(CC(=O)Nc2c(C(C)C)cccc2C(C)C)CC12CCCCC2. The number of carbonyl (C=O) groups is 2. The number of nitrogens with zero attached hydrogens (tertiary/aromatic N) is 2. The van der Waals surface area contributed by atoms with Gasteiger partial charge in [0.05, 0.1) is 5.54 Å². The standard InChI is InChI=1S/C25H39N3O2/c1-6-15-28-24(30)27(17-25(28)13-8-7-9-14-25)16-22(29)26-23-20(18(2)3)11-10-12-21(23)19(4)5/h10-12,18-19H,6-9,13-17H2,1-5H3,(H,26,29). The van der Waals surface area contributed by atoms with Crippen LogP contribution in [0.3, 0.4) is 0 Å². The third-order valence-corrected chi connectivity index (χ3v) is 6.76. The van der Waals surface area contributed by atoms with Crippen molar-refractivity contribution in [1.29, 1.82) is 0 Å². The molecule has 1 aromatic rings. The molecule has 166 valence electrons. The first kappa shape index (κ1) is 22.6. The lowest BCUT2D eigenvalue weighted by Gasteiger charge is -2.40. The number of rotatable bonds is 7. The molecule has 1 N–H and O–H groups in total. The number of nitrogens with one attached hydrogen (secondary N) is 1. The highest BCUT2D eigenvalue weighted by molar-refractivity contribution is 5.96. The first-order valence-electron chi connectivity index (χ1n) is 11.8. The van der Waals surface area contributed by atoms with Gasteiger partial charge in [0.2, 0.25) is 5.91 Å². The Kier molecular flexibility index (Phi) is 7.10. The van der Waals surface area contributed by atoms with Crippen molar-refractivity contribution in [2.45, 2.75) is 90.5 Å². The van der Waals surface area contributed by atoms with Crippen LogP contribution in [-0.2, 0) is 4.79 Å². The summed E-state index contributed by atoms with van der Waals surface area (Å²) >= 11 is 0. The molecule has 3 rings (SSSR count). The zero-order valence-corrected chi connectivity index (χ0v) is 19.5. The Bertz CT molecular complexity index is 739. The smallest absolute Gasteiger partial charge is 0.321 e. The van der Waals surface area contributed by atoms with Gasteiger partial charge in [-0.05, 0) is 42.2 Å². The summed E-state index contributed by atoms with van der Waals surface area (Å²) in [5.74, 6) is 0.540. The molecule has 3 amide bonds. The topological polar surface area (TPSA) is 52.7 Å². The monoisotopic (exact) mass is 413 g/mol. The van der Waals surface area contributed by atoms with E-state index < -0.39 is 0 Å². The maximum absolute atomic E-state index is 13.2. The van der Waals surface area contributed by atoms with Crippen LogP contribution in [0.15, 0.2) is 18.2 Å². The molecule has 1 heterocycles. The Labute approximate surface area is 182 Å². The Balaban J connectivity index is 1.78. The summed E-state index contributed by atoms with van der Waals surface area (Å²) in [6.07, 6.45) is 6.67. The second-order valence-electron chi connectivity index (χ2n) is 9.74. The highest BCUT2D eigenvalue weighted by Crippen LogP contribution is 2.39. The fourth-order valence-corrected chi connectivity index (χ4v) is 5.25. The Morgan fingerprint density at radius 1 is 1.07 bits per heavy atom. The quantitative estimate of drug-likeness (QED) is 0.621. The van der Waals surface area contributed by atoms with E-state index >= 15 is 0 Å². The molecule has 0 aromatic heterocycles. The van der Waals surface area contributed by atoms with Gasteiger partial charge in [0.15, 0.2) is 0 Å². The Morgan fingerprint density at radius 2 is 1.67 bits per heavy atom. The first-order valence-corrected chi connectivity index (χ1v) is 11.8. The van der Waals surface area contributed by atoms with E-state index in [0.29, 0.717) is 18.4 Å². The molecule has 1 saturated heterocycles. The summed E-state index contributed by atoms with van der Waals surface area (Å²) in [6.45, 7) is 12.3. The minimum absolute atomic E-state index is 0.0372. The maximum Gasteiger partial charge on any atom is 0.321 e. The normalized spacial score (nSPS) is 18.7. The number of carbonyl (C=O) groups excluding carboxylic acids is 2. The third kappa shape index (κ3) is 4.50. The number of amides is 3. The van der Waals surface area contributed by atoms with Crippen molar-refractivity contribution in [2.24, 2.45) is 0 Å². The summed E-state index contributed by atoms with van der Waals surface area (Å²) in [4.78, 5) is 30.1. The van der Waals surface area contributed by atoms with E-state index in [0.717, 1.165) is 42.6 Å². The van der Waals surface area contributed by atoms with Gasteiger partial charge < -0.3 is 15.1 Å². The van der Waals surface area contributed by atoms with Crippen LogP contribution < -0.4 is 5.32 Å².